The molecule has 0 aromatic rings. The molecule has 0 saturated carbocycles. The van der Waals surface area contributed by atoms with Gasteiger partial charge in [0.05, 0.1) is 31.8 Å². The molecular weight excluding hydrogens is 306 g/mol. The van der Waals surface area contributed by atoms with Crippen LogP contribution in [0.2, 0.25) is 0 Å². The zero-order valence-corrected chi connectivity index (χ0v) is 14.1. The number of hydrogen-bond acceptors (Lipinski definition) is 6. The standard InChI is InChI=1S/C14H25N3O4S/c1-9(2)20-5-4-19-8-12-7-11(13(18)21-12)6-10(3)16-17-14(15)22/h9,11-12H,4-8H2,1-3H3,(H3,15,17,22)/t11-,12-/m1/s1. The van der Waals surface area contributed by atoms with Crippen LogP contribution in [0.15, 0.2) is 5.10 Å². The summed E-state index contributed by atoms with van der Waals surface area (Å²) in [5, 5.41) is 4.09. The Morgan fingerprint density at radius 3 is 2.91 bits per heavy atom. The molecule has 0 aromatic heterocycles. The molecule has 8 heteroatoms. The Bertz CT molecular complexity index is 415. The zero-order valence-electron chi connectivity index (χ0n) is 13.3. The lowest BCUT2D eigenvalue weighted by molar-refractivity contribution is -0.146. The monoisotopic (exact) mass is 331 g/mol. The number of ether oxygens (including phenoxy) is 3. The number of hydrogen-bond donors (Lipinski definition) is 2. The quantitative estimate of drug-likeness (QED) is 0.214. The van der Waals surface area contributed by atoms with Gasteiger partial charge in [0.15, 0.2) is 5.11 Å². The van der Waals surface area contributed by atoms with Gasteiger partial charge in [-0.2, -0.15) is 5.10 Å². The lowest BCUT2D eigenvalue weighted by atomic mass is 9.99. The third-order valence-corrected chi connectivity index (χ3v) is 3.14. The fourth-order valence-corrected chi connectivity index (χ4v) is 2.15. The van der Waals surface area contributed by atoms with E-state index < -0.39 is 0 Å². The molecular formula is C14H25N3O4S. The molecule has 1 aliphatic rings. The van der Waals surface area contributed by atoms with Gasteiger partial charge >= 0.3 is 5.97 Å². The number of rotatable bonds is 9. The van der Waals surface area contributed by atoms with Crippen LogP contribution in [0.25, 0.3) is 0 Å². The van der Waals surface area contributed by atoms with Crippen LogP contribution in [0.5, 0.6) is 0 Å². The highest BCUT2D eigenvalue weighted by atomic mass is 32.1. The van der Waals surface area contributed by atoms with Crippen LogP contribution in [-0.2, 0) is 19.0 Å². The molecule has 0 amide bonds. The zero-order chi connectivity index (χ0) is 16.5. The first-order valence-electron chi connectivity index (χ1n) is 7.37. The van der Waals surface area contributed by atoms with Gasteiger partial charge in [0, 0.05) is 18.6 Å². The van der Waals surface area contributed by atoms with Crippen molar-refractivity contribution in [3.8, 4) is 0 Å². The van der Waals surface area contributed by atoms with E-state index in [9.17, 15) is 4.79 Å². The lowest BCUT2D eigenvalue weighted by Gasteiger charge is -2.11. The number of hydrazone groups is 1. The summed E-state index contributed by atoms with van der Waals surface area (Å²) in [5.41, 5.74) is 8.55. The molecule has 1 saturated heterocycles. The second kappa shape index (κ2) is 9.70. The van der Waals surface area contributed by atoms with E-state index in [1.165, 1.54) is 0 Å². The van der Waals surface area contributed by atoms with E-state index in [4.69, 9.17) is 19.9 Å². The van der Waals surface area contributed by atoms with E-state index in [1.54, 1.807) is 0 Å². The molecule has 7 nitrogen and oxygen atoms in total. The molecule has 0 aromatic carbocycles. The van der Waals surface area contributed by atoms with Crippen molar-refractivity contribution in [2.75, 3.05) is 19.8 Å². The number of esters is 1. The summed E-state index contributed by atoms with van der Waals surface area (Å²) in [6.45, 7) is 7.18. The van der Waals surface area contributed by atoms with Crippen LogP contribution in [0.4, 0.5) is 0 Å². The predicted octanol–water partition coefficient (Wildman–Crippen LogP) is 0.959. The van der Waals surface area contributed by atoms with Gasteiger partial charge in [-0.1, -0.05) is 0 Å². The van der Waals surface area contributed by atoms with Crippen molar-refractivity contribution in [2.24, 2.45) is 16.8 Å². The average Bonchev–Trinajstić information content (AvgIpc) is 2.76. The molecule has 1 rings (SSSR count). The van der Waals surface area contributed by atoms with Gasteiger partial charge in [-0.15, -0.1) is 0 Å². The van der Waals surface area contributed by atoms with Gasteiger partial charge in [0.1, 0.15) is 6.10 Å². The number of nitrogens with zero attached hydrogens (tertiary/aromatic N) is 1. The summed E-state index contributed by atoms with van der Waals surface area (Å²) in [6, 6.07) is 0. The molecule has 1 heterocycles. The number of nitrogens with one attached hydrogen (secondary N) is 1. The summed E-state index contributed by atoms with van der Waals surface area (Å²) in [6.07, 6.45) is 1.13. The van der Waals surface area contributed by atoms with Crippen molar-refractivity contribution in [3.05, 3.63) is 0 Å². The normalized spacial score (nSPS) is 22.0. The highest BCUT2D eigenvalue weighted by Gasteiger charge is 2.34. The fourth-order valence-electron chi connectivity index (χ4n) is 2.10. The minimum Gasteiger partial charge on any atom is -0.460 e. The maximum absolute atomic E-state index is 11.8. The van der Waals surface area contributed by atoms with Crippen LogP contribution >= 0.6 is 12.2 Å². The molecule has 1 aliphatic heterocycles. The van der Waals surface area contributed by atoms with Gasteiger partial charge in [0.2, 0.25) is 0 Å². The highest BCUT2D eigenvalue weighted by molar-refractivity contribution is 7.80. The summed E-state index contributed by atoms with van der Waals surface area (Å²) >= 11 is 4.66. The molecule has 3 N–H and O–H groups in total. The topological polar surface area (TPSA) is 95.2 Å². The molecule has 1 fully saturated rings. The van der Waals surface area contributed by atoms with Gasteiger partial charge in [-0.05, 0) is 33.0 Å². The van der Waals surface area contributed by atoms with Crippen molar-refractivity contribution in [1.82, 2.24) is 5.43 Å². The van der Waals surface area contributed by atoms with Gasteiger partial charge < -0.3 is 19.9 Å². The van der Waals surface area contributed by atoms with Crippen molar-refractivity contribution in [2.45, 2.75) is 45.8 Å². The van der Waals surface area contributed by atoms with E-state index >= 15 is 0 Å². The Labute approximate surface area is 136 Å². The van der Waals surface area contributed by atoms with E-state index in [2.05, 4.69) is 22.7 Å². The van der Waals surface area contributed by atoms with E-state index in [0.29, 0.717) is 32.7 Å². The number of carbonyl (C=O) groups excluding carboxylic acids is 1. The Morgan fingerprint density at radius 2 is 2.27 bits per heavy atom. The largest absolute Gasteiger partial charge is 0.460 e. The van der Waals surface area contributed by atoms with Gasteiger partial charge in [-0.3, -0.25) is 10.2 Å². The van der Waals surface area contributed by atoms with E-state index in [0.717, 1.165) is 5.71 Å². The van der Waals surface area contributed by atoms with Crippen LogP contribution in [0, 0.1) is 5.92 Å². The minimum absolute atomic E-state index is 0.100. The van der Waals surface area contributed by atoms with Crippen molar-refractivity contribution in [1.29, 1.82) is 0 Å². The molecule has 126 valence electrons. The molecule has 22 heavy (non-hydrogen) atoms. The molecule has 0 radical (unpaired) electrons. The third-order valence-electron chi connectivity index (χ3n) is 3.04. The van der Waals surface area contributed by atoms with Crippen LogP contribution in [0.3, 0.4) is 0 Å². The molecule has 0 aliphatic carbocycles. The summed E-state index contributed by atoms with van der Waals surface area (Å²) in [7, 11) is 0. The number of cyclic esters (lactones) is 1. The first-order chi connectivity index (χ1) is 10.4. The second-order valence-corrected chi connectivity index (χ2v) is 5.95. The second-order valence-electron chi connectivity index (χ2n) is 5.51. The smallest absolute Gasteiger partial charge is 0.309 e. The van der Waals surface area contributed by atoms with Gasteiger partial charge in [-0.25, -0.2) is 0 Å². The fraction of sp³-hybridized carbons (Fsp3) is 0.786. The maximum atomic E-state index is 11.8. The van der Waals surface area contributed by atoms with E-state index in [-0.39, 0.29) is 29.2 Å². The summed E-state index contributed by atoms with van der Waals surface area (Å²) in [4.78, 5) is 11.8. The number of thiocarbonyl (C=S) groups is 1. The first kappa shape index (κ1) is 18.8. The molecule has 2 atom stereocenters. The Kier molecular flexibility index (Phi) is 8.29. The Balaban J connectivity index is 2.25. The van der Waals surface area contributed by atoms with Crippen molar-refractivity contribution in [3.63, 3.8) is 0 Å². The summed E-state index contributed by atoms with van der Waals surface area (Å²) in [5.74, 6) is -0.408. The SMILES string of the molecule is CC(C[C@@H]1C[C@H](COCCOC(C)C)OC1=O)=NNC(N)=S. The number of carbonyl (C=O) groups is 1. The Morgan fingerprint density at radius 1 is 1.55 bits per heavy atom. The maximum Gasteiger partial charge on any atom is 0.309 e. The minimum atomic E-state index is -0.211. The lowest BCUT2D eigenvalue weighted by Crippen LogP contribution is -2.25. The predicted molar refractivity (Wildman–Crippen MR) is 87.5 cm³/mol. The first-order valence-corrected chi connectivity index (χ1v) is 7.77. The van der Waals surface area contributed by atoms with Gasteiger partial charge in [0.25, 0.3) is 0 Å². The molecule has 0 spiro atoms. The highest BCUT2D eigenvalue weighted by Crippen LogP contribution is 2.24. The van der Waals surface area contributed by atoms with E-state index in [1.807, 2.05) is 20.8 Å². The molecule has 0 bridgehead atoms. The third kappa shape index (κ3) is 7.67. The van der Waals surface area contributed by atoms with Crippen molar-refractivity contribution < 1.29 is 19.0 Å². The molecule has 0 unspecified atom stereocenters. The Hall–Kier alpha value is -1.25. The van der Waals surface area contributed by atoms with Crippen molar-refractivity contribution >= 4 is 29.0 Å². The average molecular weight is 331 g/mol. The van der Waals surface area contributed by atoms with Crippen LogP contribution in [-0.4, -0.2) is 48.8 Å². The van der Waals surface area contributed by atoms with Crippen LogP contribution in [0.1, 0.15) is 33.6 Å². The van der Waals surface area contributed by atoms with Crippen LogP contribution < -0.4 is 11.2 Å². The number of nitrogens with two attached hydrogens (primary N) is 1. The summed E-state index contributed by atoms with van der Waals surface area (Å²) < 4.78 is 16.1.